The summed E-state index contributed by atoms with van der Waals surface area (Å²) in [5, 5.41) is 9.77. The molecule has 2 atom stereocenters. The van der Waals surface area contributed by atoms with E-state index in [1.54, 1.807) is 0 Å². The minimum atomic E-state index is -0.279. The molecule has 1 aliphatic carbocycles. The van der Waals surface area contributed by atoms with Gasteiger partial charge in [0.1, 0.15) is 6.61 Å². The third kappa shape index (κ3) is 3.76. The Labute approximate surface area is 85.5 Å². The Hall–Kier alpha value is -0.410. The van der Waals surface area contributed by atoms with Crippen molar-refractivity contribution >= 4 is 5.78 Å². The fraction of sp³-hybridized carbons (Fsp3) is 0.909. The molecule has 0 radical (unpaired) electrons. The summed E-state index contributed by atoms with van der Waals surface area (Å²) >= 11 is 0. The first-order valence-corrected chi connectivity index (χ1v) is 5.42. The molecule has 0 saturated heterocycles. The summed E-state index contributed by atoms with van der Waals surface area (Å²) in [6.07, 6.45) is 5.46. The molecule has 1 aliphatic rings. The summed E-state index contributed by atoms with van der Waals surface area (Å²) in [7, 11) is 1.53. The van der Waals surface area contributed by atoms with E-state index >= 15 is 0 Å². The van der Waals surface area contributed by atoms with Gasteiger partial charge in [-0.2, -0.15) is 0 Å². The minimum Gasteiger partial charge on any atom is -0.393 e. The van der Waals surface area contributed by atoms with E-state index in [9.17, 15) is 9.90 Å². The Morgan fingerprint density at radius 2 is 2.07 bits per heavy atom. The third-order valence-electron chi connectivity index (χ3n) is 2.91. The maximum Gasteiger partial charge on any atom is 0.158 e. The maximum absolute atomic E-state index is 11.3. The normalized spacial score (nSPS) is 28.4. The van der Waals surface area contributed by atoms with Crippen LogP contribution in [0.5, 0.6) is 0 Å². The van der Waals surface area contributed by atoms with Crippen molar-refractivity contribution in [1.29, 1.82) is 0 Å². The number of Topliss-reactive ketones (excluding diaryl/α,β-unsaturated/α-hetero) is 1. The van der Waals surface area contributed by atoms with Crippen LogP contribution in [0.15, 0.2) is 0 Å². The lowest BCUT2D eigenvalue weighted by Crippen LogP contribution is -2.23. The van der Waals surface area contributed by atoms with E-state index in [0.717, 1.165) is 25.7 Å². The molecule has 1 saturated carbocycles. The summed E-state index contributed by atoms with van der Waals surface area (Å²) < 4.78 is 4.78. The van der Waals surface area contributed by atoms with Crippen molar-refractivity contribution in [2.24, 2.45) is 5.92 Å². The van der Waals surface area contributed by atoms with Crippen LogP contribution in [0.4, 0.5) is 0 Å². The molecule has 14 heavy (non-hydrogen) atoms. The molecule has 2 unspecified atom stereocenters. The van der Waals surface area contributed by atoms with Crippen LogP contribution in [0, 0.1) is 5.92 Å². The van der Waals surface area contributed by atoms with Crippen LogP contribution >= 0.6 is 0 Å². The molecule has 3 heteroatoms. The fourth-order valence-corrected chi connectivity index (χ4v) is 2.12. The molecular weight excluding hydrogens is 180 g/mol. The van der Waals surface area contributed by atoms with Crippen LogP contribution in [0.25, 0.3) is 0 Å². The molecule has 82 valence electrons. The highest BCUT2D eigenvalue weighted by Crippen LogP contribution is 2.26. The van der Waals surface area contributed by atoms with Crippen molar-refractivity contribution in [3.8, 4) is 0 Å². The van der Waals surface area contributed by atoms with Gasteiger partial charge in [-0.1, -0.05) is 19.3 Å². The average Bonchev–Trinajstić information content (AvgIpc) is 2.33. The van der Waals surface area contributed by atoms with Gasteiger partial charge >= 0.3 is 0 Å². The van der Waals surface area contributed by atoms with Crippen molar-refractivity contribution in [1.82, 2.24) is 0 Å². The van der Waals surface area contributed by atoms with Crippen molar-refractivity contribution in [2.75, 3.05) is 13.7 Å². The van der Waals surface area contributed by atoms with Gasteiger partial charge in [-0.3, -0.25) is 4.79 Å². The molecule has 3 nitrogen and oxygen atoms in total. The quantitative estimate of drug-likeness (QED) is 0.700. The van der Waals surface area contributed by atoms with E-state index in [2.05, 4.69) is 0 Å². The molecule has 0 bridgehead atoms. The van der Waals surface area contributed by atoms with Crippen molar-refractivity contribution in [2.45, 2.75) is 44.6 Å². The second-order valence-electron chi connectivity index (χ2n) is 4.14. The highest BCUT2D eigenvalue weighted by molar-refractivity contribution is 5.79. The lowest BCUT2D eigenvalue weighted by molar-refractivity contribution is -0.124. The molecule has 0 aromatic rings. The van der Waals surface area contributed by atoms with Gasteiger partial charge < -0.3 is 9.84 Å². The number of ether oxygens (including phenoxy) is 1. The highest BCUT2D eigenvalue weighted by Gasteiger charge is 2.23. The molecular formula is C11H20O3. The Morgan fingerprint density at radius 3 is 2.79 bits per heavy atom. The summed E-state index contributed by atoms with van der Waals surface area (Å²) in [6.45, 7) is 0.184. The van der Waals surface area contributed by atoms with E-state index in [-0.39, 0.29) is 24.4 Å². The van der Waals surface area contributed by atoms with Gasteiger partial charge in [0.05, 0.1) is 6.10 Å². The molecule has 0 aromatic carbocycles. The smallest absolute Gasteiger partial charge is 0.158 e. The average molecular weight is 200 g/mol. The highest BCUT2D eigenvalue weighted by atomic mass is 16.5. The SMILES string of the molecule is COCC(=O)CC1CCCCCC1O. The zero-order valence-corrected chi connectivity index (χ0v) is 8.87. The number of aliphatic hydroxyl groups excluding tert-OH is 1. The number of hydrogen-bond donors (Lipinski definition) is 1. The molecule has 0 heterocycles. The molecule has 1 N–H and O–H groups in total. The van der Waals surface area contributed by atoms with Crippen molar-refractivity contribution in [3.63, 3.8) is 0 Å². The number of carbonyl (C=O) groups is 1. The second kappa shape index (κ2) is 6.14. The zero-order valence-electron chi connectivity index (χ0n) is 8.87. The predicted molar refractivity (Wildman–Crippen MR) is 54.1 cm³/mol. The maximum atomic E-state index is 11.3. The van der Waals surface area contributed by atoms with Crippen LogP contribution in [0.3, 0.4) is 0 Å². The first-order chi connectivity index (χ1) is 6.74. The lowest BCUT2D eigenvalue weighted by Gasteiger charge is -2.19. The van der Waals surface area contributed by atoms with Crippen molar-refractivity contribution in [3.05, 3.63) is 0 Å². The first-order valence-electron chi connectivity index (χ1n) is 5.42. The first kappa shape index (κ1) is 11.7. The van der Waals surface area contributed by atoms with Gasteiger partial charge in [0.2, 0.25) is 0 Å². The van der Waals surface area contributed by atoms with E-state index < -0.39 is 0 Å². The standard InChI is InChI=1S/C11H20O3/c1-14-8-10(12)7-9-5-3-2-4-6-11(9)13/h9,11,13H,2-8H2,1H3. The van der Waals surface area contributed by atoms with Crippen LogP contribution in [-0.4, -0.2) is 30.7 Å². The number of ketones is 1. The van der Waals surface area contributed by atoms with Crippen LogP contribution in [0.2, 0.25) is 0 Å². The number of aliphatic hydroxyl groups is 1. The molecule has 0 aromatic heterocycles. The number of rotatable bonds is 4. The van der Waals surface area contributed by atoms with E-state index in [1.165, 1.54) is 13.5 Å². The number of hydrogen-bond acceptors (Lipinski definition) is 3. The summed E-state index contributed by atoms with van der Waals surface area (Å²) in [4.78, 5) is 11.3. The largest absolute Gasteiger partial charge is 0.393 e. The fourth-order valence-electron chi connectivity index (χ4n) is 2.12. The Bertz CT molecular complexity index is 179. The van der Waals surface area contributed by atoms with E-state index in [0.29, 0.717) is 6.42 Å². The Balaban J connectivity index is 2.36. The molecule has 1 fully saturated rings. The molecule has 1 rings (SSSR count). The van der Waals surface area contributed by atoms with Crippen LogP contribution < -0.4 is 0 Å². The van der Waals surface area contributed by atoms with E-state index in [1.807, 2.05) is 0 Å². The van der Waals surface area contributed by atoms with Crippen LogP contribution in [0.1, 0.15) is 38.5 Å². The van der Waals surface area contributed by atoms with Gasteiger partial charge in [-0.15, -0.1) is 0 Å². The number of carbonyl (C=O) groups excluding carboxylic acids is 1. The predicted octanol–water partition coefficient (Wildman–Crippen LogP) is 1.53. The molecule has 0 amide bonds. The van der Waals surface area contributed by atoms with Gasteiger partial charge in [-0.05, 0) is 18.8 Å². The van der Waals surface area contributed by atoms with Gasteiger partial charge in [0.25, 0.3) is 0 Å². The van der Waals surface area contributed by atoms with Crippen molar-refractivity contribution < 1.29 is 14.6 Å². The summed E-state index contributed by atoms with van der Waals surface area (Å²) in [6, 6.07) is 0. The summed E-state index contributed by atoms with van der Waals surface area (Å²) in [5.74, 6) is 0.276. The zero-order chi connectivity index (χ0) is 10.4. The lowest BCUT2D eigenvalue weighted by atomic mass is 9.92. The Kier molecular flexibility index (Phi) is 5.12. The molecule has 0 spiro atoms. The third-order valence-corrected chi connectivity index (χ3v) is 2.91. The monoisotopic (exact) mass is 200 g/mol. The topological polar surface area (TPSA) is 46.5 Å². The Morgan fingerprint density at radius 1 is 1.36 bits per heavy atom. The second-order valence-corrected chi connectivity index (χ2v) is 4.14. The molecule has 0 aliphatic heterocycles. The van der Waals surface area contributed by atoms with Crippen LogP contribution in [-0.2, 0) is 9.53 Å². The minimum absolute atomic E-state index is 0.110. The van der Waals surface area contributed by atoms with Gasteiger partial charge in [0.15, 0.2) is 5.78 Å². The summed E-state index contributed by atoms with van der Waals surface area (Å²) in [5.41, 5.74) is 0. The number of methoxy groups -OCH3 is 1. The van der Waals surface area contributed by atoms with Gasteiger partial charge in [-0.25, -0.2) is 0 Å². The van der Waals surface area contributed by atoms with E-state index in [4.69, 9.17) is 4.74 Å². The van der Waals surface area contributed by atoms with Gasteiger partial charge in [0, 0.05) is 13.5 Å².